The summed E-state index contributed by atoms with van der Waals surface area (Å²) in [7, 11) is 0. The topological polar surface area (TPSA) is 35.8 Å². The largest absolute Gasteiger partial charge is 0.367 e. The molecule has 0 amide bonds. The molecule has 90 valence electrons. The maximum absolute atomic E-state index is 9.45. The molecule has 2 heteroatoms. The van der Waals surface area contributed by atoms with Crippen LogP contribution in [0.2, 0.25) is 0 Å². The first kappa shape index (κ1) is 12.0. The Balaban J connectivity index is 2.17. The van der Waals surface area contributed by atoms with Crippen molar-refractivity contribution in [3.8, 4) is 6.07 Å². The molecule has 1 aliphatic carbocycles. The SMILES string of the molecule is Cc1ccc(NC2(C#N)CCC(C)(C)C2)cc1. The lowest BCUT2D eigenvalue weighted by atomic mass is 9.88. The van der Waals surface area contributed by atoms with Crippen LogP contribution in [0.3, 0.4) is 0 Å². The lowest BCUT2D eigenvalue weighted by Gasteiger charge is -2.26. The molecule has 0 heterocycles. The number of aryl methyl sites for hydroxylation is 1. The van der Waals surface area contributed by atoms with Gasteiger partial charge in [0.1, 0.15) is 5.54 Å². The number of nitrogens with zero attached hydrogens (tertiary/aromatic N) is 1. The molecular formula is C15H20N2. The fourth-order valence-electron chi connectivity index (χ4n) is 2.69. The van der Waals surface area contributed by atoms with Gasteiger partial charge in [-0.15, -0.1) is 0 Å². The van der Waals surface area contributed by atoms with Crippen LogP contribution in [0.25, 0.3) is 0 Å². The first-order valence-electron chi connectivity index (χ1n) is 6.21. The van der Waals surface area contributed by atoms with Gasteiger partial charge in [-0.25, -0.2) is 0 Å². The highest BCUT2D eigenvalue weighted by molar-refractivity contribution is 5.49. The molecule has 0 spiro atoms. The van der Waals surface area contributed by atoms with E-state index in [1.165, 1.54) is 5.56 Å². The van der Waals surface area contributed by atoms with Gasteiger partial charge in [-0.3, -0.25) is 0 Å². The minimum atomic E-state index is -0.376. The van der Waals surface area contributed by atoms with E-state index in [2.05, 4.69) is 56.4 Å². The molecule has 2 nitrogen and oxygen atoms in total. The Bertz CT molecular complexity index is 439. The predicted octanol–water partition coefficient (Wildman–Crippen LogP) is 3.88. The molecule has 0 aliphatic heterocycles. The predicted molar refractivity (Wildman–Crippen MR) is 70.8 cm³/mol. The Morgan fingerprint density at radius 2 is 1.82 bits per heavy atom. The number of hydrogen-bond acceptors (Lipinski definition) is 2. The summed E-state index contributed by atoms with van der Waals surface area (Å²) < 4.78 is 0. The van der Waals surface area contributed by atoms with Crippen LogP contribution >= 0.6 is 0 Å². The smallest absolute Gasteiger partial charge is 0.125 e. The maximum atomic E-state index is 9.45. The molecule has 17 heavy (non-hydrogen) atoms. The van der Waals surface area contributed by atoms with Gasteiger partial charge in [0, 0.05) is 5.69 Å². The summed E-state index contributed by atoms with van der Waals surface area (Å²) in [4.78, 5) is 0. The number of rotatable bonds is 2. The summed E-state index contributed by atoms with van der Waals surface area (Å²) in [5.41, 5.74) is 2.19. The van der Waals surface area contributed by atoms with E-state index in [1.54, 1.807) is 0 Å². The minimum Gasteiger partial charge on any atom is -0.367 e. The molecule has 0 bridgehead atoms. The average molecular weight is 228 g/mol. The van der Waals surface area contributed by atoms with Crippen LogP contribution in [0.5, 0.6) is 0 Å². The molecule has 1 atom stereocenters. The number of anilines is 1. The second-order valence-corrected chi connectivity index (χ2v) is 6.03. The van der Waals surface area contributed by atoms with E-state index in [0.29, 0.717) is 0 Å². The van der Waals surface area contributed by atoms with Crippen LogP contribution in [0.15, 0.2) is 24.3 Å². The van der Waals surface area contributed by atoms with Crippen LogP contribution in [0.1, 0.15) is 38.7 Å². The molecule has 1 saturated carbocycles. The van der Waals surface area contributed by atoms with Gasteiger partial charge in [-0.05, 0) is 43.7 Å². The van der Waals surface area contributed by atoms with Crippen LogP contribution in [-0.2, 0) is 0 Å². The lowest BCUT2D eigenvalue weighted by Crippen LogP contribution is -2.34. The van der Waals surface area contributed by atoms with Crippen molar-refractivity contribution in [3.63, 3.8) is 0 Å². The Labute approximate surface area is 104 Å². The molecule has 1 unspecified atom stereocenters. The van der Waals surface area contributed by atoms with Crippen molar-refractivity contribution < 1.29 is 0 Å². The Morgan fingerprint density at radius 1 is 1.18 bits per heavy atom. The van der Waals surface area contributed by atoms with Crippen molar-refractivity contribution >= 4 is 5.69 Å². The third-order valence-electron chi connectivity index (χ3n) is 3.66. The Morgan fingerprint density at radius 3 is 2.29 bits per heavy atom. The van der Waals surface area contributed by atoms with Crippen molar-refractivity contribution in [3.05, 3.63) is 29.8 Å². The first-order chi connectivity index (χ1) is 7.95. The molecule has 2 rings (SSSR count). The van der Waals surface area contributed by atoms with Gasteiger partial charge in [0.25, 0.3) is 0 Å². The number of nitriles is 1. The zero-order valence-electron chi connectivity index (χ0n) is 10.9. The van der Waals surface area contributed by atoms with Gasteiger partial charge in [0.15, 0.2) is 0 Å². The Kier molecular flexibility index (Phi) is 2.87. The highest BCUT2D eigenvalue weighted by Crippen LogP contribution is 2.44. The monoisotopic (exact) mass is 228 g/mol. The highest BCUT2D eigenvalue weighted by atomic mass is 15.0. The summed E-state index contributed by atoms with van der Waals surface area (Å²) in [6.07, 6.45) is 2.97. The number of hydrogen-bond donors (Lipinski definition) is 1. The normalized spacial score (nSPS) is 26.5. The molecule has 0 aromatic heterocycles. The fourth-order valence-corrected chi connectivity index (χ4v) is 2.69. The number of benzene rings is 1. The summed E-state index contributed by atoms with van der Waals surface area (Å²) in [5, 5.41) is 12.9. The molecule has 1 aromatic carbocycles. The summed E-state index contributed by atoms with van der Waals surface area (Å²) >= 11 is 0. The van der Waals surface area contributed by atoms with Gasteiger partial charge in [0.05, 0.1) is 6.07 Å². The van der Waals surface area contributed by atoms with Crippen LogP contribution in [0, 0.1) is 23.7 Å². The minimum absolute atomic E-state index is 0.271. The van der Waals surface area contributed by atoms with Crippen molar-refractivity contribution in [1.29, 1.82) is 5.26 Å². The average Bonchev–Trinajstić information content (AvgIpc) is 2.59. The zero-order chi connectivity index (χ0) is 12.5. The molecule has 1 N–H and O–H groups in total. The van der Waals surface area contributed by atoms with E-state index < -0.39 is 0 Å². The summed E-state index contributed by atoms with van der Waals surface area (Å²) in [5.74, 6) is 0. The van der Waals surface area contributed by atoms with E-state index in [-0.39, 0.29) is 11.0 Å². The maximum Gasteiger partial charge on any atom is 0.125 e. The fraction of sp³-hybridized carbons (Fsp3) is 0.533. The van der Waals surface area contributed by atoms with Crippen molar-refractivity contribution in [2.24, 2.45) is 5.41 Å². The standard InChI is InChI=1S/C15H20N2/c1-12-4-6-13(7-5-12)17-15(11-16)9-8-14(2,3)10-15/h4-7,17H,8-10H2,1-3H3. The van der Waals surface area contributed by atoms with E-state index in [1.807, 2.05) is 0 Å². The second-order valence-electron chi connectivity index (χ2n) is 6.03. The van der Waals surface area contributed by atoms with Crippen molar-refractivity contribution in [2.75, 3.05) is 5.32 Å². The van der Waals surface area contributed by atoms with Gasteiger partial charge in [-0.2, -0.15) is 5.26 Å². The zero-order valence-corrected chi connectivity index (χ0v) is 10.9. The molecule has 0 radical (unpaired) electrons. The van der Waals surface area contributed by atoms with Crippen LogP contribution < -0.4 is 5.32 Å². The van der Waals surface area contributed by atoms with Crippen LogP contribution in [-0.4, -0.2) is 5.54 Å². The third-order valence-corrected chi connectivity index (χ3v) is 3.66. The summed E-state index contributed by atoms with van der Waals surface area (Å²) in [6.45, 7) is 6.55. The van der Waals surface area contributed by atoms with E-state index in [0.717, 1.165) is 24.9 Å². The molecular weight excluding hydrogens is 208 g/mol. The van der Waals surface area contributed by atoms with Crippen molar-refractivity contribution in [1.82, 2.24) is 0 Å². The van der Waals surface area contributed by atoms with Gasteiger partial charge in [0.2, 0.25) is 0 Å². The lowest BCUT2D eigenvalue weighted by molar-refractivity contribution is 0.368. The Hall–Kier alpha value is -1.49. The van der Waals surface area contributed by atoms with E-state index in [9.17, 15) is 5.26 Å². The van der Waals surface area contributed by atoms with Crippen LogP contribution in [0.4, 0.5) is 5.69 Å². The van der Waals surface area contributed by atoms with Gasteiger partial charge >= 0.3 is 0 Å². The molecule has 1 fully saturated rings. The van der Waals surface area contributed by atoms with Gasteiger partial charge < -0.3 is 5.32 Å². The van der Waals surface area contributed by atoms with Gasteiger partial charge in [-0.1, -0.05) is 31.5 Å². The first-order valence-corrected chi connectivity index (χ1v) is 6.21. The summed E-state index contributed by atoms with van der Waals surface area (Å²) in [6, 6.07) is 10.7. The van der Waals surface area contributed by atoms with E-state index in [4.69, 9.17) is 0 Å². The number of nitrogens with one attached hydrogen (secondary N) is 1. The molecule has 1 aliphatic rings. The second kappa shape index (κ2) is 4.07. The highest BCUT2D eigenvalue weighted by Gasteiger charge is 2.43. The molecule has 0 saturated heterocycles. The quantitative estimate of drug-likeness (QED) is 0.833. The van der Waals surface area contributed by atoms with E-state index >= 15 is 0 Å². The molecule has 1 aromatic rings. The third kappa shape index (κ3) is 2.61. The van der Waals surface area contributed by atoms with Crippen molar-refractivity contribution in [2.45, 2.75) is 45.6 Å².